The maximum absolute atomic E-state index is 5.83. The molecule has 1 aromatic carbocycles. The molecule has 0 unspecified atom stereocenters. The molecule has 0 atom stereocenters. The van der Waals surface area contributed by atoms with Crippen molar-refractivity contribution in [1.82, 2.24) is 5.32 Å². The highest BCUT2D eigenvalue weighted by molar-refractivity contribution is 7.11. The van der Waals surface area contributed by atoms with E-state index in [0.717, 1.165) is 23.6 Å². The largest absolute Gasteiger partial charge is 0.493 e. The molecule has 0 aliphatic carbocycles. The van der Waals surface area contributed by atoms with Gasteiger partial charge in [0.2, 0.25) is 0 Å². The minimum absolute atomic E-state index is 0.577. The van der Waals surface area contributed by atoms with Gasteiger partial charge in [0.15, 0.2) is 11.5 Å². The number of thiophene rings is 1. The number of aryl methyl sites for hydroxylation is 1. The summed E-state index contributed by atoms with van der Waals surface area (Å²) in [5.74, 6) is 1.57. The molecule has 0 spiro atoms. The summed E-state index contributed by atoms with van der Waals surface area (Å²) in [5, 5.41) is 3.15. The molecule has 1 heterocycles. The highest BCUT2D eigenvalue weighted by Crippen LogP contribution is 2.29. The molecule has 102 valence electrons. The number of benzene rings is 1. The van der Waals surface area contributed by atoms with Crippen molar-refractivity contribution < 1.29 is 9.47 Å². The normalized spacial score (nSPS) is 10.5. The molecule has 0 saturated heterocycles. The fourth-order valence-electron chi connectivity index (χ4n) is 1.81. The summed E-state index contributed by atoms with van der Waals surface area (Å²) in [4.78, 5) is 2.53. The molecule has 0 bridgehead atoms. The van der Waals surface area contributed by atoms with Crippen molar-refractivity contribution in [3.8, 4) is 11.5 Å². The SMILES string of the molecule is CNCc1ccc(COc2ccc(C)cc2OC)s1. The molecule has 0 aliphatic rings. The third kappa shape index (κ3) is 3.72. The van der Waals surface area contributed by atoms with Gasteiger partial charge in [0, 0.05) is 16.3 Å². The Morgan fingerprint density at radius 3 is 2.63 bits per heavy atom. The van der Waals surface area contributed by atoms with Gasteiger partial charge < -0.3 is 14.8 Å². The number of hydrogen-bond acceptors (Lipinski definition) is 4. The van der Waals surface area contributed by atoms with Crippen molar-refractivity contribution >= 4 is 11.3 Å². The van der Waals surface area contributed by atoms with Gasteiger partial charge in [0.1, 0.15) is 6.61 Å². The summed E-state index contributed by atoms with van der Waals surface area (Å²) in [7, 11) is 3.62. The van der Waals surface area contributed by atoms with Crippen LogP contribution in [0.2, 0.25) is 0 Å². The van der Waals surface area contributed by atoms with E-state index in [-0.39, 0.29) is 0 Å². The number of hydrogen-bond donors (Lipinski definition) is 1. The zero-order valence-electron chi connectivity index (χ0n) is 11.5. The van der Waals surface area contributed by atoms with E-state index in [1.165, 1.54) is 9.75 Å². The lowest BCUT2D eigenvalue weighted by molar-refractivity contribution is 0.287. The minimum Gasteiger partial charge on any atom is -0.493 e. The number of methoxy groups -OCH3 is 1. The summed E-state index contributed by atoms with van der Waals surface area (Å²) < 4.78 is 11.2. The Bertz CT molecular complexity index is 537. The summed E-state index contributed by atoms with van der Waals surface area (Å²) >= 11 is 1.76. The highest BCUT2D eigenvalue weighted by Gasteiger charge is 2.06. The van der Waals surface area contributed by atoms with Crippen molar-refractivity contribution in [2.24, 2.45) is 0 Å². The van der Waals surface area contributed by atoms with Gasteiger partial charge in [0.25, 0.3) is 0 Å². The van der Waals surface area contributed by atoms with E-state index < -0.39 is 0 Å². The van der Waals surface area contributed by atoms with E-state index in [4.69, 9.17) is 9.47 Å². The molecule has 1 aromatic heterocycles. The van der Waals surface area contributed by atoms with Crippen molar-refractivity contribution in [2.45, 2.75) is 20.1 Å². The first-order valence-electron chi connectivity index (χ1n) is 6.22. The van der Waals surface area contributed by atoms with Crippen molar-refractivity contribution in [2.75, 3.05) is 14.2 Å². The van der Waals surface area contributed by atoms with Gasteiger partial charge in [-0.2, -0.15) is 0 Å². The zero-order valence-corrected chi connectivity index (χ0v) is 12.3. The Balaban J connectivity index is 2.01. The van der Waals surface area contributed by atoms with E-state index in [2.05, 4.69) is 17.4 Å². The maximum atomic E-state index is 5.83. The van der Waals surface area contributed by atoms with E-state index in [9.17, 15) is 0 Å². The summed E-state index contributed by atoms with van der Waals surface area (Å²) in [6, 6.07) is 10.2. The highest BCUT2D eigenvalue weighted by atomic mass is 32.1. The molecule has 4 heteroatoms. The zero-order chi connectivity index (χ0) is 13.7. The van der Waals surface area contributed by atoms with Gasteiger partial charge in [-0.3, -0.25) is 0 Å². The van der Waals surface area contributed by atoms with Crippen LogP contribution in [0, 0.1) is 6.92 Å². The van der Waals surface area contributed by atoms with Crippen LogP contribution in [0.1, 0.15) is 15.3 Å². The average molecular weight is 277 g/mol. The Morgan fingerprint density at radius 1 is 1.11 bits per heavy atom. The third-order valence-corrected chi connectivity index (χ3v) is 3.82. The second-order valence-corrected chi connectivity index (χ2v) is 5.59. The minimum atomic E-state index is 0.577. The van der Waals surface area contributed by atoms with Crippen LogP contribution in [0.4, 0.5) is 0 Å². The van der Waals surface area contributed by atoms with Gasteiger partial charge in [0.05, 0.1) is 7.11 Å². The Hall–Kier alpha value is -1.52. The van der Waals surface area contributed by atoms with E-state index in [1.807, 2.05) is 32.2 Å². The van der Waals surface area contributed by atoms with Crippen LogP contribution >= 0.6 is 11.3 Å². The monoisotopic (exact) mass is 277 g/mol. The topological polar surface area (TPSA) is 30.5 Å². The quantitative estimate of drug-likeness (QED) is 0.878. The first-order chi connectivity index (χ1) is 9.22. The fourth-order valence-corrected chi connectivity index (χ4v) is 2.76. The van der Waals surface area contributed by atoms with Crippen LogP contribution in [0.25, 0.3) is 0 Å². The van der Waals surface area contributed by atoms with Crippen molar-refractivity contribution in [3.05, 3.63) is 45.6 Å². The number of rotatable bonds is 6. The van der Waals surface area contributed by atoms with Gasteiger partial charge in [-0.15, -0.1) is 11.3 Å². The lowest BCUT2D eigenvalue weighted by Crippen LogP contribution is -2.02. The average Bonchev–Trinajstić information content (AvgIpc) is 2.85. The van der Waals surface area contributed by atoms with E-state index in [0.29, 0.717) is 6.61 Å². The standard InChI is InChI=1S/C15H19NO2S/c1-11-4-7-14(15(8-11)17-3)18-10-13-6-5-12(19-13)9-16-2/h4-8,16H,9-10H2,1-3H3. The summed E-state index contributed by atoms with van der Waals surface area (Å²) in [5.41, 5.74) is 1.16. The second-order valence-electron chi connectivity index (χ2n) is 4.34. The molecule has 0 amide bonds. The molecule has 1 N–H and O–H groups in total. The van der Waals surface area contributed by atoms with Gasteiger partial charge in [-0.25, -0.2) is 0 Å². The van der Waals surface area contributed by atoms with Gasteiger partial charge in [-0.1, -0.05) is 6.07 Å². The fraction of sp³-hybridized carbons (Fsp3) is 0.333. The molecule has 2 aromatic rings. The number of nitrogens with one attached hydrogen (secondary N) is 1. The van der Waals surface area contributed by atoms with Crippen LogP contribution in [0.3, 0.4) is 0 Å². The molecule has 0 saturated carbocycles. The molecule has 2 rings (SSSR count). The lowest BCUT2D eigenvalue weighted by atomic mass is 10.2. The van der Waals surface area contributed by atoms with Crippen LogP contribution in [0.15, 0.2) is 30.3 Å². The Kier molecular flexibility index (Phi) is 4.82. The molecule has 0 radical (unpaired) electrons. The van der Waals surface area contributed by atoms with Crippen LogP contribution < -0.4 is 14.8 Å². The predicted molar refractivity (Wildman–Crippen MR) is 79.1 cm³/mol. The Morgan fingerprint density at radius 2 is 1.89 bits per heavy atom. The van der Waals surface area contributed by atoms with Crippen molar-refractivity contribution in [1.29, 1.82) is 0 Å². The predicted octanol–water partition coefficient (Wildman–Crippen LogP) is 3.36. The molecule has 0 fully saturated rings. The first kappa shape index (κ1) is 13.9. The summed E-state index contributed by atoms with van der Waals surface area (Å²) in [6.45, 7) is 3.52. The first-order valence-corrected chi connectivity index (χ1v) is 7.04. The molecule has 0 aliphatic heterocycles. The molecular weight excluding hydrogens is 258 g/mol. The van der Waals surface area contributed by atoms with Gasteiger partial charge >= 0.3 is 0 Å². The Labute approximate surface area is 118 Å². The number of ether oxygens (including phenoxy) is 2. The van der Waals surface area contributed by atoms with Gasteiger partial charge in [-0.05, 0) is 43.8 Å². The van der Waals surface area contributed by atoms with Crippen LogP contribution in [0.5, 0.6) is 11.5 Å². The molecule has 19 heavy (non-hydrogen) atoms. The molecule has 3 nitrogen and oxygen atoms in total. The van der Waals surface area contributed by atoms with E-state index >= 15 is 0 Å². The second kappa shape index (κ2) is 6.59. The lowest BCUT2D eigenvalue weighted by Gasteiger charge is -2.10. The maximum Gasteiger partial charge on any atom is 0.161 e. The van der Waals surface area contributed by atoms with Crippen LogP contribution in [-0.2, 0) is 13.2 Å². The van der Waals surface area contributed by atoms with Crippen LogP contribution in [-0.4, -0.2) is 14.2 Å². The van der Waals surface area contributed by atoms with Crippen molar-refractivity contribution in [3.63, 3.8) is 0 Å². The molecular formula is C15H19NO2S. The summed E-state index contributed by atoms with van der Waals surface area (Å²) in [6.07, 6.45) is 0. The van der Waals surface area contributed by atoms with E-state index in [1.54, 1.807) is 18.4 Å². The third-order valence-electron chi connectivity index (χ3n) is 2.76. The smallest absolute Gasteiger partial charge is 0.161 e.